The fourth-order valence-electron chi connectivity index (χ4n) is 3.47. The lowest BCUT2D eigenvalue weighted by atomic mass is 10.00. The predicted octanol–water partition coefficient (Wildman–Crippen LogP) is 3.26. The molecule has 188 valence electrons. The van der Waals surface area contributed by atoms with E-state index in [9.17, 15) is 9.59 Å². The Morgan fingerprint density at radius 2 is 1.47 bits per heavy atom. The fraction of sp³-hybridized carbons (Fsp3) is 0.240. The van der Waals surface area contributed by atoms with E-state index in [0.29, 0.717) is 13.0 Å². The molecule has 1 heterocycles. The van der Waals surface area contributed by atoms with Crippen molar-refractivity contribution in [1.82, 2.24) is 20.6 Å². The molecule has 0 aliphatic rings. The molecule has 1 aromatic heterocycles. The number of hydrogen-bond donors (Lipinski definition) is 6. The summed E-state index contributed by atoms with van der Waals surface area (Å²) >= 11 is 5.78. The number of nitrogen functional groups attached to an aromatic ring is 2. The largest absolute Gasteiger partial charge is 0.481 e. The minimum atomic E-state index is -0.795. The van der Waals surface area contributed by atoms with Crippen LogP contribution in [0.2, 0.25) is 5.15 Å². The number of aliphatic carboxylic acids is 1. The lowest BCUT2D eigenvalue weighted by Gasteiger charge is -2.10. The first-order chi connectivity index (χ1) is 17.2. The molecule has 0 spiro atoms. The number of amides is 1. The van der Waals surface area contributed by atoms with E-state index in [4.69, 9.17) is 33.6 Å². The molecule has 0 saturated carbocycles. The first-order valence-corrected chi connectivity index (χ1v) is 11.7. The molecule has 1 amide bonds. The third kappa shape index (κ3) is 7.67. The summed E-state index contributed by atoms with van der Waals surface area (Å²) in [7, 11) is 0. The number of carbonyl (C=O) groups is 2. The highest BCUT2D eigenvalue weighted by Gasteiger charge is 2.17. The van der Waals surface area contributed by atoms with E-state index in [1.165, 1.54) is 5.56 Å². The Bertz CT molecular complexity index is 1230. The van der Waals surface area contributed by atoms with E-state index in [1.807, 2.05) is 24.3 Å². The molecule has 0 aliphatic heterocycles. The van der Waals surface area contributed by atoms with Gasteiger partial charge < -0.3 is 21.9 Å². The van der Waals surface area contributed by atoms with Crippen molar-refractivity contribution in [1.29, 1.82) is 5.41 Å². The van der Waals surface area contributed by atoms with Crippen LogP contribution in [0.1, 0.15) is 40.9 Å². The first kappa shape index (κ1) is 26.4. The third-order valence-corrected chi connectivity index (χ3v) is 5.70. The molecule has 0 atom stereocenters. The molecule has 36 heavy (non-hydrogen) atoms. The molecule has 2 aromatic carbocycles. The second kappa shape index (κ2) is 12.5. The molecule has 0 radical (unpaired) electrons. The molecule has 0 aliphatic carbocycles. The Morgan fingerprint density at radius 1 is 0.889 bits per heavy atom. The molecule has 8 N–H and O–H groups in total. The minimum Gasteiger partial charge on any atom is -0.481 e. The summed E-state index contributed by atoms with van der Waals surface area (Å²) in [5, 5.41) is 21.7. The van der Waals surface area contributed by atoms with Crippen LogP contribution in [0.3, 0.4) is 0 Å². The summed E-state index contributed by atoms with van der Waals surface area (Å²) in [6.07, 6.45) is 3.23. The summed E-state index contributed by atoms with van der Waals surface area (Å²) in [6.45, 7) is 0.509. The zero-order chi connectivity index (χ0) is 26.1. The van der Waals surface area contributed by atoms with Crippen LogP contribution in [-0.2, 0) is 17.6 Å². The highest BCUT2D eigenvalue weighted by atomic mass is 35.5. The van der Waals surface area contributed by atoms with E-state index in [0.717, 1.165) is 36.0 Å². The van der Waals surface area contributed by atoms with Crippen LogP contribution in [0.15, 0.2) is 48.5 Å². The zero-order valence-corrected chi connectivity index (χ0v) is 20.3. The standard InChI is InChI=1S/C25H28ClN7O3/c26-21-23(28)32-22(27)20(31-21)24(36)33-25(29)30-14-2-1-3-15-4-9-17(10-5-15)18-11-6-16(7-12-18)8-13-19(34)35/h4-7,9-12H,1-3,8,13-14H2,(H,34,35)(H4,27,28,32)(H3,29,30,33,36). The van der Waals surface area contributed by atoms with E-state index in [1.54, 1.807) is 0 Å². The van der Waals surface area contributed by atoms with Crippen molar-refractivity contribution < 1.29 is 14.7 Å². The predicted molar refractivity (Wildman–Crippen MR) is 140 cm³/mol. The van der Waals surface area contributed by atoms with Crippen molar-refractivity contribution in [3.63, 3.8) is 0 Å². The van der Waals surface area contributed by atoms with Gasteiger partial charge in [-0.15, -0.1) is 0 Å². The minimum absolute atomic E-state index is 0.0721. The summed E-state index contributed by atoms with van der Waals surface area (Å²) in [4.78, 5) is 30.5. The van der Waals surface area contributed by atoms with Crippen molar-refractivity contribution in [3.05, 3.63) is 70.5 Å². The molecule has 0 unspecified atom stereocenters. The van der Waals surface area contributed by atoms with Gasteiger partial charge >= 0.3 is 5.97 Å². The number of nitrogens with one attached hydrogen (secondary N) is 3. The van der Waals surface area contributed by atoms with Crippen LogP contribution in [0.25, 0.3) is 11.1 Å². The van der Waals surface area contributed by atoms with Gasteiger partial charge in [0.1, 0.15) is 0 Å². The van der Waals surface area contributed by atoms with Crippen molar-refractivity contribution >= 4 is 41.1 Å². The summed E-state index contributed by atoms with van der Waals surface area (Å²) < 4.78 is 0. The SMILES string of the molecule is N=C(NCCCCc1ccc(-c2ccc(CCC(=O)O)cc2)cc1)NC(=O)c1nc(Cl)c(N)nc1N. The molecular formula is C25H28ClN7O3. The van der Waals surface area contributed by atoms with Crippen LogP contribution >= 0.6 is 11.6 Å². The normalized spacial score (nSPS) is 10.6. The zero-order valence-electron chi connectivity index (χ0n) is 19.6. The van der Waals surface area contributed by atoms with E-state index in [2.05, 4.69) is 44.9 Å². The Morgan fingerprint density at radius 3 is 2.06 bits per heavy atom. The van der Waals surface area contributed by atoms with E-state index >= 15 is 0 Å². The maximum absolute atomic E-state index is 12.2. The maximum Gasteiger partial charge on any atom is 0.303 e. The number of halogens is 1. The lowest BCUT2D eigenvalue weighted by Crippen LogP contribution is -2.41. The fourth-order valence-corrected chi connectivity index (χ4v) is 3.60. The van der Waals surface area contributed by atoms with E-state index < -0.39 is 11.9 Å². The number of unbranched alkanes of at least 4 members (excludes halogenated alkanes) is 1. The number of hydrogen-bond acceptors (Lipinski definition) is 7. The van der Waals surface area contributed by atoms with Gasteiger partial charge in [-0.2, -0.15) is 0 Å². The van der Waals surface area contributed by atoms with Crippen molar-refractivity contribution in [3.8, 4) is 11.1 Å². The molecular weight excluding hydrogens is 482 g/mol. The first-order valence-electron chi connectivity index (χ1n) is 11.3. The number of aromatic nitrogens is 2. The van der Waals surface area contributed by atoms with Crippen LogP contribution in [-0.4, -0.2) is 39.5 Å². The number of carboxylic acid groups (broad SMARTS) is 1. The summed E-state index contributed by atoms with van der Waals surface area (Å²) in [5.74, 6) is -1.91. The van der Waals surface area contributed by atoms with Crippen LogP contribution in [0.5, 0.6) is 0 Å². The molecule has 0 bridgehead atoms. The number of rotatable bonds is 10. The number of aryl methyl sites for hydroxylation is 2. The number of nitrogens with zero attached hydrogens (tertiary/aromatic N) is 2. The van der Waals surface area contributed by atoms with Crippen molar-refractivity contribution in [2.75, 3.05) is 18.0 Å². The highest BCUT2D eigenvalue weighted by molar-refractivity contribution is 6.31. The molecule has 0 fully saturated rings. The quantitative estimate of drug-likeness (QED) is 0.137. The Balaban J connectivity index is 1.38. The van der Waals surface area contributed by atoms with Gasteiger partial charge in [-0.25, -0.2) is 9.97 Å². The second-order valence-electron chi connectivity index (χ2n) is 8.13. The maximum atomic E-state index is 12.2. The molecule has 10 nitrogen and oxygen atoms in total. The van der Waals surface area contributed by atoms with Crippen LogP contribution in [0.4, 0.5) is 11.6 Å². The van der Waals surface area contributed by atoms with Gasteiger partial charge in [0.05, 0.1) is 0 Å². The monoisotopic (exact) mass is 509 g/mol. The van der Waals surface area contributed by atoms with Crippen LogP contribution in [0, 0.1) is 5.41 Å². The number of nitrogens with two attached hydrogens (primary N) is 2. The van der Waals surface area contributed by atoms with Crippen LogP contribution < -0.4 is 22.1 Å². The van der Waals surface area contributed by atoms with Gasteiger partial charge in [0.25, 0.3) is 5.91 Å². The number of guanidine groups is 1. The Hall–Kier alpha value is -4.18. The Labute approximate surface area is 213 Å². The average Bonchev–Trinajstić information content (AvgIpc) is 2.85. The third-order valence-electron chi connectivity index (χ3n) is 5.42. The Kier molecular flexibility index (Phi) is 9.18. The smallest absolute Gasteiger partial charge is 0.303 e. The van der Waals surface area contributed by atoms with Gasteiger partial charge in [-0.05, 0) is 47.9 Å². The molecule has 0 saturated heterocycles. The topological polar surface area (TPSA) is 180 Å². The number of benzene rings is 2. The highest BCUT2D eigenvalue weighted by Crippen LogP contribution is 2.21. The summed E-state index contributed by atoms with van der Waals surface area (Å²) in [6, 6.07) is 16.3. The van der Waals surface area contributed by atoms with Crippen molar-refractivity contribution in [2.24, 2.45) is 0 Å². The molecule has 3 aromatic rings. The van der Waals surface area contributed by atoms with Gasteiger partial charge in [-0.3, -0.25) is 20.3 Å². The van der Waals surface area contributed by atoms with Gasteiger partial charge in [0.2, 0.25) is 0 Å². The molecule has 3 rings (SSSR count). The second-order valence-corrected chi connectivity index (χ2v) is 8.49. The number of anilines is 2. The van der Waals surface area contributed by atoms with Crippen molar-refractivity contribution in [2.45, 2.75) is 32.1 Å². The number of carboxylic acids is 1. The number of carbonyl (C=O) groups excluding carboxylic acids is 1. The average molecular weight is 510 g/mol. The van der Waals surface area contributed by atoms with Gasteiger partial charge in [0.15, 0.2) is 28.4 Å². The van der Waals surface area contributed by atoms with Gasteiger partial charge in [-0.1, -0.05) is 60.1 Å². The lowest BCUT2D eigenvalue weighted by molar-refractivity contribution is -0.136. The molecule has 11 heteroatoms. The van der Waals surface area contributed by atoms with E-state index in [-0.39, 0.29) is 34.9 Å². The van der Waals surface area contributed by atoms with Gasteiger partial charge in [0, 0.05) is 13.0 Å². The summed E-state index contributed by atoms with van der Waals surface area (Å²) in [5.41, 5.74) is 15.3.